The molecule has 1 aromatic heterocycles. The molecule has 2 N–H and O–H groups in total. The van der Waals surface area contributed by atoms with E-state index in [0.717, 1.165) is 0 Å². The first-order valence-corrected chi connectivity index (χ1v) is 8.05. The molecular weight excluding hydrogens is 298 g/mol. The highest BCUT2D eigenvalue weighted by molar-refractivity contribution is 7.89. The van der Waals surface area contributed by atoms with E-state index in [1.807, 2.05) is 6.92 Å². The maximum Gasteiger partial charge on any atom is 0.245 e. The van der Waals surface area contributed by atoms with E-state index in [2.05, 4.69) is 4.98 Å². The second-order valence-electron chi connectivity index (χ2n) is 4.67. The van der Waals surface area contributed by atoms with Gasteiger partial charge in [0.05, 0.1) is 12.1 Å². The Morgan fingerprint density at radius 1 is 1.60 bits per heavy atom. The molecule has 1 aromatic rings. The second-order valence-corrected chi connectivity index (χ2v) is 7.07. The number of thiocarbonyl (C=S) groups is 1. The molecule has 0 bridgehead atoms. The van der Waals surface area contributed by atoms with Crippen LogP contribution in [0.25, 0.3) is 0 Å². The van der Waals surface area contributed by atoms with Gasteiger partial charge in [-0.05, 0) is 25.5 Å². The summed E-state index contributed by atoms with van der Waals surface area (Å²) in [6.07, 6.45) is 1.99. The zero-order chi connectivity index (χ0) is 14.9. The summed E-state index contributed by atoms with van der Waals surface area (Å²) in [5.74, 6) is 0. The first-order valence-electron chi connectivity index (χ1n) is 6.20. The third-order valence-corrected chi connectivity index (χ3v) is 5.57. The molecule has 6 nitrogen and oxygen atoms in total. The molecule has 0 radical (unpaired) electrons. The van der Waals surface area contributed by atoms with Gasteiger partial charge in [-0.3, -0.25) is 4.98 Å². The molecule has 1 aliphatic heterocycles. The molecule has 2 rings (SSSR count). The molecule has 1 aliphatic rings. The first kappa shape index (κ1) is 15.3. The van der Waals surface area contributed by atoms with Gasteiger partial charge >= 0.3 is 0 Å². The van der Waals surface area contributed by atoms with E-state index in [0.29, 0.717) is 13.0 Å². The van der Waals surface area contributed by atoms with Gasteiger partial charge in [-0.1, -0.05) is 12.2 Å². The minimum atomic E-state index is -3.71. The van der Waals surface area contributed by atoms with Crippen molar-refractivity contribution < 1.29 is 13.2 Å². The number of hydrogen-bond donors (Lipinski definition) is 1. The molecule has 110 valence electrons. The number of pyridine rings is 1. The van der Waals surface area contributed by atoms with E-state index >= 15 is 0 Å². The van der Waals surface area contributed by atoms with Crippen LogP contribution in [0, 0.1) is 0 Å². The third-order valence-electron chi connectivity index (χ3n) is 3.46. The van der Waals surface area contributed by atoms with Gasteiger partial charge < -0.3 is 10.5 Å². The molecule has 2 unspecified atom stereocenters. The largest absolute Gasteiger partial charge is 0.388 e. The molecule has 1 saturated heterocycles. The number of ether oxygens (including phenoxy) is 1. The number of nitrogens with two attached hydrogens (primary N) is 1. The van der Waals surface area contributed by atoms with Gasteiger partial charge in [0.1, 0.15) is 15.6 Å². The van der Waals surface area contributed by atoms with Crippen LogP contribution in [-0.4, -0.2) is 48.5 Å². The summed E-state index contributed by atoms with van der Waals surface area (Å²) in [6.45, 7) is 2.42. The van der Waals surface area contributed by atoms with Crippen molar-refractivity contribution in [3.05, 3.63) is 24.0 Å². The Kier molecular flexibility index (Phi) is 4.38. The second kappa shape index (κ2) is 5.72. The molecule has 8 heteroatoms. The Hall–Kier alpha value is -1.09. The van der Waals surface area contributed by atoms with Crippen LogP contribution in [0.5, 0.6) is 0 Å². The number of aromatic nitrogens is 1. The normalized spacial score (nSPS) is 23.1. The van der Waals surface area contributed by atoms with Crippen molar-refractivity contribution >= 4 is 27.2 Å². The van der Waals surface area contributed by atoms with Gasteiger partial charge in [-0.15, -0.1) is 0 Å². The Morgan fingerprint density at radius 2 is 2.30 bits per heavy atom. The van der Waals surface area contributed by atoms with E-state index in [1.54, 1.807) is 13.1 Å². The van der Waals surface area contributed by atoms with Crippen molar-refractivity contribution in [3.63, 3.8) is 0 Å². The molecule has 20 heavy (non-hydrogen) atoms. The lowest BCUT2D eigenvalue weighted by atomic mass is 10.2. The number of rotatable bonds is 4. The Labute approximate surface area is 124 Å². The topological polar surface area (TPSA) is 85.5 Å². The van der Waals surface area contributed by atoms with Crippen LogP contribution in [0.3, 0.4) is 0 Å². The van der Waals surface area contributed by atoms with Crippen LogP contribution >= 0.6 is 12.2 Å². The van der Waals surface area contributed by atoms with Crippen LogP contribution in [0.4, 0.5) is 0 Å². The zero-order valence-electron chi connectivity index (χ0n) is 11.3. The number of sulfonamides is 1. The van der Waals surface area contributed by atoms with E-state index in [1.165, 1.54) is 16.6 Å². The molecule has 0 aromatic carbocycles. The number of hydrogen-bond acceptors (Lipinski definition) is 5. The van der Waals surface area contributed by atoms with Crippen LogP contribution in [-0.2, 0) is 14.8 Å². The van der Waals surface area contributed by atoms with Crippen LogP contribution < -0.4 is 5.73 Å². The van der Waals surface area contributed by atoms with Crippen LogP contribution in [0.2, 0.25) is 0 Å². The summed E-state index contributed by atoms with van der Waals surface area (Å²) < 4.78 is 32.2. The standard InChI is InChI=1S/C12H17N3O3S2/c1-8-9(5-7-18-8)15(2)20(16,17)10-4-3-6-14-11(10)12(13)19/h3-4,6,8-9H,5,7H2,1-2H3,(H2,13,19). The van der Waals surface area contributed by atoms with E-state index < -0.39 is 10.0 Å². The molecular formula is C12H17N3O3S2. The van der Waals surface area contributed by atoms with E-state index in [4.69, 9.17) is 22.7 Å². The predicted octanol–water partition coefficient (Wildman–Crippen LogP) is 0.514. The van der Waals surface area contributed by atoms with Crippen molar-refractivity contribution in [2.75, 3.05) is 13.7 Å². The first-order chi connectivity index (χ1) is 9.35. The summed E-state index contributed by atoms with van der Waals surface area (Å²) in [5.41, 5.74) is 5.68. The highest BCUT2D eigenvalue weighted by Gasteiger charge is 2.36. The number of likely N-dealkylation sites (N-methyl/N-ethyl adjacent to an activating group) is 1. The summed E-state index contributed by atoms with van der Waals surface area (Å²) in [4.78, 5) is 3.97. The average Bonchev–Trinajstić information content (AvgIpc) is 2.83. The fourth-order valence-corrected chi connectivity index (χ4v) is 4.14. The van der Waals surface area contributed by atoms with E-state index in [9.17, 15) is 8.42 Å². The minimum Gasteiger partial charge on any atom is -0.388 e. The van der Waals surface area contributed by atoms with Crippen molar-refractivity contribution in [2.45, 2.75) is 30.4 Å². The van der Waals surface area contributed by atoms with Gasteiger partial charge in [0.15, 0.2) is 0 Å². The van der Waals surface area contributed by atoms with Crippen LogP contribution in [0.1, 0.15) is 19.0 Å². The van der Waals surface area contributed by atoms with Crippen molar-refractivity contribution in [1.82, 2.24) is 9.29 Å². The van der Waals surface area contributed by atoms with Crippen molar-refractivity contribution in [2.24, 2.45) is 5.73 Å². The highest BCUT2D eigenvalue weighted by atomic mass is 32.2. The van der Waals surface area contributed by atoms with Crippen molar-refractivity contribution in [3.8, 4) is 0 Å². The van der Waals surface area contributed by atoms with Gasteiger partial charge in [0.25, 0.3) is 0 Å². The van der Waals surface area contributed by atoms with E-state index in [-0.39, 0.29) is 27.7 Å². The zero-order valence-corrected chi connectivity index (χ0v) is 12.9. The lowest BCUT2D eigenvalue weighted by Gasteiger charge is -2.26. The minimum absolute atomic E-state index is 0.0340. The molecule has 0 amide bonds. The fraction of sp³-hybridized carbons (Fsp3) is 0.500. The number of nitrogens with zero attached hydrogens (tertiary/aromatic N) is 2. The molecule has 0 spiro atoms. The molecule has 0 aliphatic carbocycles. The monoisotopic (exact) mass is 315 g/mol. The van der Waals surface area contributed by atoms with Gasteiger partial charge in [0, 0.05) is 19.9 Å². The lowest BCUT2D eigenvalue weighted by Crippen LogP contribution is -2.41. The maximum atomic E-state index is 12.7. The Balaban J connectivity index is 2.43. The van der Waals surface area contributed by atoms with Crippen molar-refractivity contribution in [1.29, 1.82) is 0 Å². The average molecular weight is 315 g/mol. The quantitative estimate of drug-likeness (QED) is 0.815. The third kappa shape index (κ3) is 2.69. The van der Waals surface area contributed by atoms with Gasteiger partial charge in [-0.25, -0.2) is 8.42 Å². The van der Waals surface area contributed by atoms with Crippen LogP contribution in [0.15, 0.2) is 23.2 Å². The SMILES string of the molecule is CC1OCCC1N(C)S(=O)(=O)c1cccnc1C(N)=S. The molecule has 0 saturated carbocycles. The summed E-state index contributed by atoms with van der Waals surface area (Å²) in [7, 11) is -2.16. The lowest BCUT2D eigenvalue weighted by molar-refractivity contribution is 0.102. The van der Waals surface area contributed by atoms with Gasteiger partial charge in [0.2, 0.25) is 10.0 Å². The highest BCUT2D eigenvalue weighted by Crippen LogP contribution is 2.25. The molecule has 1 fully saturated rings. The molecule has 2 heterocycles. The van der Waals surface area contributed by atoms with Gasteiger partial charge in [-0.2, -0.15) is 4.31 Å². The Bertz CT molecular complexity index is 618. The summed E-state index contributed by atoms with van der Waals surface area (Å²) >= 11 is 4.87. The maximum absolute atomic E-state index is 12.7. The fourth-order valence-electron chi connectivity index (χ4n) is 2.32. The Morgan fingerprint density at radius 3 is 2.85 bits per heavy atom. The smallest absolute Gasteiger partial charge is 0.245 e. The predicted molar refractivity (Wildman–Crippen MR) is 78.9 cm³/mol. The molecule has 2 atom stereocenters. The summed E-state index contributed by atoms with van der Waals surface area (Å²) in [6, 6.07) is 2.82. The summed E-state index contributed by atoms with van der Waals surface area (Å²) in [5, 5.41) is 0.